The van der Waals surface area contributed by atoms with E-state index in [4.69, 9.17) is 4.74 Å². The Kier molecular flexibility index (Phi) is 2.90. The highest BCUT2D eigenvalue weighted by molar-refractivity contribution is 6.08. The van der Waals surface area contributed by atoms with Crippen LogP contribution in [0.1, 0.15) is 12.6 Å². The monoisotopic (exact) mass is 324 g/mol. The fourth-order valence-electron chi connectivity index (χ4n) is 3.61. The second kappa shape index (κ2) is 5.01. The lowest BCUT2D eigenvalue weighted by Gasteiger charge is -2.17. The third-order valence-electron chi connectivity index (χ3n) is 4.77. The first kappa shape index (κ1) is 13.9. The Bertz CT molecular complexity index is 939. The highest BCUT2D eigenvalue weighted by Gasteiger charge is 2.36. The zero-order chi connectivity index (χ0) is 16.3. The molecule has 1 aromatic carbocycles. The van der Waals surface area contributed by atoms with E-state index in [9.17, 15) is 10.2 Å². The average Bonchev–Trinajstić information content (AvgIpc) is 3.17. The number of nitrogens with one attached hydrogen (secondary N) is 1. The van der Waals surface area contributed by atoms with E-state index >= 15 is 0 Å². The predicted octanol–water partition coefficient (Wildman–Crippen LogP) is 1.80. The van der Waals surface area contributed by atoms with Gasteiger partial charge in [-0.2, -0.15) is 0 Å². The van der Waals surface area contributed by atoms with E-state index in [1.807, 2.05) is 29.0 Å². The third kappa shape index (κ3) is 1.83. The minimum Gasteiger partial charge on any atom is -0.394 e. The van der Waals surface area contributed by atoms with Crippen molar-refractivity contribution in [2.24, 2.45) is 0 Å². The van der Waals surface area contributed by atoms with Gasteiger partial charge >= 0.3 is 0 Å². The summed E-state index contributed by atoms with van der Waals surface area (Å²) in [5.74, 6) is 0.768. The number of ether oxygens (including phenoxy) is 1. The molecule has 3 atom stereocenters. The van der Waals surface area contributed by atoms with Gasteiger partial charge in [0, 0.05) is 29.4 Å². The highest BCUT2D eigenvalue weighted by atomic mass is 16.5. The molecule has 0 unspecified atom stereocenters. The van der Waals surface area contributed by atoms with Crippen LogP contribution in [-0.2, 0) is 4.74 Å². The molecule has 24 heavy (non-hydrogen) atoms. The van der Waals surface area contributed by atoms with Crippen molar-refractivity contribution < 1.29 is 14.9 Å². The predicted molar refractivity (Wildman–Crippen MR) is 87.9 cm³/mol. The second-order valence-electron chi connectivity index (χ2n) is 6.16. The number of rotatable bonds is 2. The van der Waals surface area contributed by atoms with Crippen LogP contribution < -0.4 is 5.32 Å². The van der Waals surface area contributed by atoms with Crippen molar-refractivity contribution in [3.63, 3.8) is 0 Å². The molecule has 0 aliphatic carbocycles. The smallest absolute Gasteiger partial charge is 0.148 e. The molecule has 0 radical (unpaired) electrons. The minimum absolute atomic E-state index is 0.200. The number of nitrogens with zero attached hydrogens (tertiary/aromatic N) is 3. The summed E-state index contributed by atoms with van der Waals surface area (Å²) in [7, 11) is 0. The second-order valence-corrected chi connectivity index (χ2v) is 6.16. The van der Waals surface area contributed by atoms with Crippen molar-refractivity contribution in [3.8, 4) is 11.1 Å². The van der Waals surface area contributed by atoms with E-state index in [1.165, 1.54) is 6.33 Å². The van der Waals surface area contributed by atoms with Gasteiger partial charge in [0.05, 0.1) is 18.1 Å². The topological polar surface area (TPSA) is 92.4 Å². The molecule has 2 aliphatic rings. The van der Waals surface area contributed by atoms with Crippen molar-refractivity contribution in [1.29, 1.82) is 0 Å². The Morgan fingerprint density at radius 1 is 1.25 bits per heavy atom. The van der Waals surface area contributed by atoms with Gasteiger partial charge in [0.2, 0.25) is 0 Å². The van der Waals surface area contributed by atoms with Gasteiger partial charge in [0.15, 0.2) is 0 Å². The van der Waals surface area contributed by atoms with Crippen LogP contribution >= 0.6 is 0 Å². The number of aliphatic hydroxyl groups excluding tert-OH is 2. The molecule has 4 heterocycles. The lowest BCUT2D eigenvalue weighted by Crippen LogP contribution is -2.24. The molecule has 3 aromatic rings. The lowest BCUT2D eigenvalue weighted by molar-refractivity contribution is -0.0430. The van der Waals surface area contributed by atoms with Crippen LogP contribution in [0, 0.1) is 0 Å². The van der Waals surface area contributed by atoms with E-state index in [0.29, 0.717) is 6.42 Å². The molecule has 7 nitrogen and oxygen atoms in total. The first-order valence-electron chi connectivity index (χ1n) is 7.92. The van der Waals surface area contributed by atoms with Crippen LogP contribution in [0.5, 0.6) is 0 Å². The molecule has 5 rings (SSSR count). The summed E-state index contributed by atoms with van der Waals surface area (Å²) in [6, 6.07) is 8.05. The molecule has 7 heteroatoms. The largest absolute Gasteiger partial charge is 0.394 e. The number of benzene rings is 1. The van der Waals surface area contributed by atoms with Gasteiger partial charge in [-0.3, -0.25) is 0 Å². The van der Waals surface area contributed by atoms with E-state index in [0.717, 1.165) is 33.7 Å². The van der Waals surface area contributed by atoms with E-state index in [-0.39, 0.29) is 12.8 Å². The van der Waals surface area contributed by atoms with Crippen LogP contribution in [0.25, 0.3) is 22.2 Å². The van der Waals surface area contributed by atoms with Gasteiger partial charge in [-0.1, -0.05) is 18.2 Å². The first-order valence-corrected chi connectivity index (χ1v) is 7.92. The van der Waals surface area contributed by atoms with Gasteiger partial charge in [0.25, 0.3) is 0 Å². The maximum absolute atomic E-state index is 10.0. The molecular weight excluding hydrogens is 308 g/mol. The Morgan fingerprint density at radius 2 is 2.12 bits per heavy atom. The van der Waals surface area contributed by atoms with Crippen molar-refractivity contribution in [1.82, 2.24) is 14.5 Å². The first-order chi connectivity index (χ1) is 11.8. The molecule has 0 bridgehead atoms. The SMILES string of the molecule is OC[C@H]1O[C@@H](n2cc3c4c(ncnc42)Nc2ccccc2-3)C[C@@H]1O. The molecule has 1 fully saturated rings. The molecule has 2 aliphatic heterocycles. The lowest BCUT2D eigenvalue weighted by atomic mass is 10.0. The summed E-state index contributed by atoms with van der Waals surface area (Å²) in [5.41, 5.74) is 3.89. The number of anilines is 2. The van der Waals surface area contributed by atoms with Gasteiger partial charge in [-0.25, -0.2) is 9.97 Å². The molecule has 122 valence electrons. The molecule has 2 aromatic heterocycles. The minimum atomic E-state index is -0.683. The summed E-state index contributed by atoms with van der Waals surface area (Å²) >= 11 is 0. The van der Waals surface area contributed by atoms with Gasteiger partial charge in [-0.05, 0) is 6.07 Å². The average molecular weight is 324 g/mol. The summed E-state index contributed by atoms with van der Waals surface area (Å²) in [5, 5.41) is 23.6. The van der Waals surface area contributed by atoms with Gasteiger partial charge in [0.1, 0.15) is 30.1 Å². The maximum atomic E-state index is 10.0. The van der Waals surface area contributed by atoms with Crippen LogP contribution in [0.15, 0.2) is 36.8 Å². The van der Waals surface area contributed by atoms with Crippen molar-refractivity contribution in [3.05, 3.63) is 36.8 Å². The third-order valence-corrected chi connectivity index (χ3v) is 4.77. The summed E-state index contributed by atoms with van der Waals surface area (Å²) < 4.78 is 7.73. The molecule has 0 spiro atoms. The highest BCUT2D eigenvalue weighted by Crippen LogP contribution is 2.44. The Hall–Kier alpha value is -2.48. The van der Waals surface area contributed by atoms with Crippen LogP contribution in [0.4, 0.5) is 11.5 Å². The quantitative estimate of drug-likeness (QED) is 0.521. The maximum Gasteiger partial charge on any atom is 0.148 e. The van der Waals surface area contributed by atoms with Crippen LogP contribution in [-0.4, -0.2) is 43.6 Å². The Labute approximate surface area is 137 Å². The van der Waals surface area contributed by atoms with Crippen LogP contribution in [0.3, 0.4) is 0 Å². The molecule has 3 N–H and O–H groups in total. The Morgan fingerprint density at radius 3 is 2.96 bits per heavy atom. The molecule has 0 amide bonds. The summed E-state index contributed by atoms with van der Waals surface area (Å²) in [6.07, 6.45) is 2.34. The standard InChI is InChI=1S/C17H16N4O3/c22-7-13-12(23)5-14(24-13)21-6-10-9-3-1-2-4-11(9)20-16-15(10)17(21)19-8-18-16/h1-4,6,8,12-14,22-23H,5,7H2,(H,18,19,20)/t12-,13+,14+/m0/s1. The molecule has 0 saturated carbocycles. The summed E-state index contributed by atoms with van der Waals surface area (Å²) in [6.45, 7) is -0.200. The number of hydrogen-bond acceptors (Lipinski definition) is 6. The fourth-order valence-corrected chi connectivity index (χ4v) is 3.61. The van der Waals surface area contributed by atoms with Crippen LogP contribution in [0.2, 0.25) is 0 Å². The molecular formula is C17H16N4O3. The van der Waals surface area contributed by atoms with E-state index in [1.54, 1.807) is 0 Å². The number of para-hydroxylation sites is 1. The fraction of sp³-hybridized carbons (Fsp3) is 0.294. The van der Waals surface area contributed by atoms with Crippen molar-refractivity contribution >= 4 is 22.5 Å². The number of aromatic nitrogens is 3. The number of hydrogen-bond donors (Lipinski definition) is 3. The van der Waals surface area contributed by atoms with Crippen molar-refractivity contribution in [2.75, 3.05) is 11.9 Å². The zero-order valence-electron chi connectivity index (χ0n) is 12.8. The van der Waals surface area contributed by atoms with E-state index in [2.05, 4.69) is 21.4 Å². The summed E-state index contributed by atoms with van der Waals surface area (Å²) in [4.78, 5) is 8.78. The number of fused-ring (bicyclic) bond motifs is 2. The van der Waals surface area contributed by atoms with Crippen molar-refractivity contribution in [2.45, 2.75) is 24.9 Å². The zero-order valence-corrected chi connectivity index (χ0v) is 12.8. The van der Waals surface area contributed by atoms with Gasteiger partial charge < -0.3 is 24.8 Å². The molecule has 1 saturated heterocycles. The normalized spacial score (nSPS) is 24.8. The van der Waals surface area contributed by atoms with E-state index < -0.39 is 12.2 Å². The van der Waals surface area contributed by atoms with Gasteiger partial charge in [-0.15, -0.1) is 0 Å². The Balaban J connectivity index is 1.71. The number of aliphatic hydroxyl groups is 2.